The molecule has 0 aliphatic carbocycles. The van der Waals surface area contributed by atoms with Gasteiger partial charge in [-0.1, -0.05) is 78.9 Å². The van der Waals surface area contributed by atoms with Gasteiger partial charge in [-0.3, -0.25) is 4.79 Å². The summed E-state index contributed by atoms with van der Waals surface area (Å²) in [5.74, 6) is 1.03. The van der Waals surface area contributed by atoms with E-state index in [-0.39, 0.29) is 19.2 Å². The summed E-state index contributed by atoms with van der Waals surface area (Å²) < 4.78 is 21.8. The van der Waals surface area contributed by atoms with E-state index in [9.17, 15) is 4.79 Å². The molecule has 0 unspecified atom stereocenters. The lowest BCUT2D eigenvalue weighted by Crippen LogP contribution is -2.09. The molecule has 0 saturated heterocycles. The summed E-state index contributed by atoms with van der Waals surface area (Å²) in [6.45, 7) is 1.78. The number of aromatic nitrogens is 4. The number of hydrogen-bond acceptors (Lipinski definition) is 6. The summed E-state index contributed by atoms with van der Waals surface area (Å²) in [6.07, 6.45) is 0. The van der Waals surface area contributed by atoms with Crippen LogP contribution in [0.4, 0.5) is 0 Å². The fourth-order valence-corrected chi connectivity index (χ4v) is 6.90. The maximum atomic E-state index is 11.1. The highest BCUT2D eigenvalue weighted by atomic mass is 16.6. The van der Waals surface area contributed by atoms with Gasteiger partial charge in [0, 0.05) is 51.0 Å². The molecule has 3 aromatic heterocycles. The van der Waals surface area contributed by atoms with E-state index >= 15 is 0 Å². The van der Waals surface area contributed by atoms with Gasteiger partial charge in [-0.2, -0.15) is 0 Å². The summed E-state index contributed by atoms with van der Waals surface area (Å²) in [6, 6.07) is 47.9. The van der Waals surface area contributed by atoms with E-state index in [4.69, 9.17) is 13.9 Å². The second-order valence-corrected chi connectivity index (χ2v) is 12.1. The first-order valence-corrected chi connectivity index (χ1v) is 16.4. The molecule has 8 nitrogen and oxygen atoms in total. The quantitative estimate of drug-likeness (QED) is 0.120. The Morgan fingerprint density at radius 1 is 0.560 bits per heavy atom. The van der Waals surface area contributed by atoms with Crippen molar-refractivity contribution in [1.82, 2.24) is 19.3 Å². The van der Waals surface area contributed by atoms with Crippen molar-refractivity contribution in [2.45, 2.75) is 6.92 Å². The molecule has 0 bridgehead atoms. The van der Waals surface area contributed by atoms with E-state index < -0.39 is 0 Å². The van der Waals surface area contributed by atoms with Crippen LogP contribution in [0.15, 0.2) is 144 Å². The van der Waals surface area contributed by atoms with Crippen molar-refractivity contribution in [2.24, 2.45) is 0 Å². The molecule has 0 radical (unpaired) electrons. The van der Waals surface area contributed by atoms with E-state index in [0.29, 0.717) is 17.5 Å². The molecule has 0 saturated carbocycles. The maximum Gasteiger partial charge on any atom is 0.302 e. The molecule has 0 fully saturated rings. The van der Waals surface area contributed by atoms with Crippen LogP contribution in [0.2, 0.25) is 0 Å². The molecule has 50 heavy (non-hydrogen) atoms. The normalized spacial score (nSPS) is 11.5. The summed E-state index contributed by atoms with van der Waals surface area (Å²) >= 11 is 0. The van der Waals surface area contributed by atoms with Gasteiger partial charge in [-0.15, -0.1) is 10.2 Å². The third kappa shape index (κ3) is 5.05. The Balaban J connectivity index is 1.22. The monoisotopic (exact) mass is 654 g/mol. The van der Waals surface area contributed by atoms with Crippen LogP contribution < -0.4 is 4.74 Å². The zero-order valence-electron chi connectivity index (χ0n) is 27.1. The largest absolute Gasteiger partial charge is 0.490 e. The fourth-order valence-electron chi connectivity index (χ4n) is 6.90. The highest BCUT2D eigenvalue weighted by Crippen LogP contribution is 2.38. The summed E-state index contributed by atoms with van der Waals surface area (Å²) in [7, 11) is 0. The van der Waals surface area contributed by atoms with E-state index in [1.807, 2.05) is 24.3 Å². The highest BCUT2D eigenvalue weighted by molar-refractivity contribution is 6.10. The number of carbonyl (C=O) groups excluding carboxylic acids is 1. The van der Waals surface area contributed by atoms with Crippen molar-refractivity contribution in [3.05, 3.63) is 140 Å². The first-order valence-electron chi connectivity index (χ1n) is 16.4. The van der Waals surface area contributed by atoms with Gasteiger partial charge in [0.25, 0.3) is 0 Å². The average Bonchev–Trinajstić information content (AvgIpc) is 3.87. The van der Waals surface area contributed by atoms with Gasteiger partial charge in [0.2, 0.25) is 11.8 Å². The van der Waals surface area contributed by atoms with Crippen molar-refractivity contribution in [1.29, 1.82) is 0 Å². The summed E-state index contributed by atoms with van der Waals surface area (Å²) in [5, 5.41) is 13.7. The van der Waals surface area contributed by atoms with Crippen LogP contribution in [-0.4, -0.2) is 38.5 Å². The Labute approximate surface area is 286 Å². The summed E-state index contributed by atoms with van der Waals surface area (Å²) in [5.41, 5.74) is 7.88. The van der Waals surface area contributed by atoms with Crippen LogP contribution in [0.3, 0.4) is 0 Å². The number of benzene rings is 6. The first-order chi connectivity index (χ1) is 24.6. The van der Waals surface area contributed by atoms with Gasteiger partial charge in [0.1, 0.15) is 19.0 Å². The lowest BCUT2D eigenvalue weighted by atomic mass is 10.1. The minimum Gasteiger partial charge on any atom is -0.490 e. The predicted octanol–water partition coefficient (Wildman–Crippen LogP) is 9.54. The Morgan fingerprint density at radius 3 is 1.54 bits per heavy atom. The van der Waals surface area contributed by atoms with Crippen molar-refractivity contribution >= 4 is 49.6 Å². The van der Waals surface area contributed by atoms with Crippen LogP contribution in [0.1, 0.15) is 6.92 Å². The lowest BCUT2D eigenvalue weighted by Gasteiger charge is -2.14. The van der Waals surface area contributed by atoms with Crippen molar-refractivity contribution in [3.63, 3.8) is 0 Å². The van der Waals surface area contributed by atoms with E-state index in [1.165, 1.54) is 28.5 Å². The molecule has 9 rings (SSSR count). The summed E-state index contributed by atoms with van der Waals surface area (Å²) in [4.78, 5) is 11.1. The number of ether oxygens (including phenoxy) is 2. The van der Waals surface area contributed by atoms with Crippen LogP contribution in [0.25, 0.3) is 77.9 Å². The number of nitrogens with zero attached hydrogens (tertiary/aromatic N) is 4. The minimum absolute atomic E-state index is 0.168. The number of esters is 1. The minimum atomic E-state index is -0.343. The average molecular weight is 655 g/mol. The molecule has 0 amide bonds. The SMILES string of the molecule is CC(=O)OCCOc1cccc(-c2nnc(-c3cc(-n4c5ccccc5c5ccccc54)cc(-n4c5ccccc5c5ccccc54)c3)o2)c1. The van der Waals surface area contributed by atoms with Gasteiger partial charge in [0.05, 0.1) is 22.1 Å². The standard InChI is InChI=1S/C42H30N4O4/c1-27(47)48-21-22-49-32-12-10-11-28(25-32)41-43-44-42(50-41)29-23-30(45-37-17-6-2-13-33(37)34-14-3-7-18-38(34)45)26-31(24-29)46-39-19-8-4-15-35(39)36-16-5-9-20-40(36)46/h2-20,23-26H,21-22H2,1H3. The second kappa shape index (κ2) is 12.1. The predicted molar refractivity (Wildman–Crippen MR) is 196 cm³/mol. The molecule has 242 valence electrons. The van der Waals surface area contributed by atoms with Crippen LogP contribution in [0, 0.1) is 0 Å². The molecule has 0 aliphatic heterocycles. The van der Waals surface area contributed by atoms with Crippen LogP contribution >= 0.6 is 0 Å². The van der Waals surface area contributed by atoms with Gasteiger partial charge in [0.15, 0.2) is 0 Å². The zero-order valence-corrected chi connectivity index (χ0v) is 27.1. The van der Waals surface area contributed by atoms with E-state index in [0.717, 1.165) is 44.6 Å². The number of hydrogen-bond donors (Lipinski definition) is 0. The number of fused-ring (bicyclic) bond motifs is 6. The van der Waals surface area contributed by atoms with Gasteiger partial charge < -0.3 is 23.0 Å². The molecular weight excluding hydrogens is 624 g/mol. The van der Waals surface area contributed by atoms with E-state index in [1.54, 1.807) is 0 Å². The van der Waals surface area contributed by atoms with Crippen LogP contribution in [-0.2, 0) is 9.53 Å². The Morgan fingerprint density at radius 2 is 1.04 bits per heavy atom. The molecule has 6 aromatic carbocycles. The molecule has 0 N–H and O–H groups in total. The van der Waals surface area contributed by atoms with Crippen molar-refractivity contribution in [2.75, 3.05) is 13.2 Å². The van der Waals surface area contributed by atoms with Gasteiger partial charge in [-0.05, 0) is 60.7 Å². The van der Waals surface area contributed by atoms with Gasteiger partial charge >= 0.3 is 5.97 Å². The molecule has 0 aliphatic rings. The highest BCUT2D eigenvalue weighted by Gasteiger charge is 2.19. The molecular formula is C42H30N4O4. The van der Waals surface area contributed by atoms with Crippen molar-refractivity contribution < 1.29 is 18.7 Å². The Bertz CT molecular complexity index is 2480. The van der Waals surface area contributed by atoms with Gasteiger partial charge in [-0.25, -0.2) is 0 Å². The Hall–Kier alpha value is -6.67. The smallest absolute Gasteiger partial charge is 0.302 e. The molecule has 9 aromatic rings. The van der Waals surface area contributed by atoms with Crippen LogP contribution in [0.5, 0.6) is 5.75 Å². The zero-order chi connectivity index (χ0) is 33.6. The number of para-hydroxylation sites is 4. The third-order valence-electron chi connectivity index (χ3n) is 8.99. The fraction of sp³-hybridized carbons (Fsp3) is 0.0714. The number of rotatable bonds is 8. The molecule has 8 heteroatoms. The second-order valence-electron chi connectivity index (χ2n) is 12.1. The maximum absolute atomic E-state index is 11.1. The Kier molecular flexibility index (Phi) is 7.13. The first kappa shape index (κ1) is 29.5. The molecule has 0 spiro atoms. The van der Waals surface area contributed by atoms with E-state index in [2.05, 4.69) is 135 Å². The van der Waals surface area contributed by atoms with Crippen molar-refractivity contribution in [3.8, 4) is 40.0 Å². The number of carbonyl (C=O) groups is 1. The lowest BCUT2D eigenvalue weighted by molar-refractivity contribution is -0.141. The third-order valence-corrected chi connectivity index (χ3v) is 8.99. The molecule has 3 heterocycles. The topological polar surface area (TPSA) is 84.3 Å². The molecule has 0 atom stereocenters.